The number of hydrogen-bond acceptors (Lipinski definition) is 6. The number of amidine groups is 1. The number of carbonyl (C=O) groups is 2. The molecule has 0 spiro atoms. The Kier molecular flexibility index (Phi) is 5.48. The van der Waals surface area contributed by atoms with Crippen LogP contribution in [0.15, 0.2) is 53.8 Å². The Labute approximate surface area is 179 Å². The fraction of sp³-hybridized carbons (Fsp3) is 0.227. The van der Waals surface area contributed by atoms with Gasteiger partial charge in [0, 0.05) is 38.0 Å². The Balaban J connectivity index is 1.49. The minimum absolute atomic E-state index is 0.247. The Bertz CT molecular complexity index is 1150. The van der Waals surface area contributed by atoms with Crippen LogP contribution in [0.5, 0.6) is 0 Å². The zero-order chi connectivity index (χ0) is 22.0. The van der Waals surface area contributed by atoms with Gasteiger partial charge in [0.25, 0.3) is 11.8 Å². The van der Waals surface area contributed by atoms with Crippen LogP contribution in [0.4, 0.5) is 11.6 Å². The fourth-order valence-electron chi connectivity index (χ4n) is 3.27. The highest BCUT2D eigenvalue weighted by molar-refractivity contribution is 6.11. The molecule has 3 aromatic rings. The summed E-state index contributed by atoms with van der Waals surface area (Å²) in [5.41, 5.74) is 2.67. The minimum Gasteiger partial charge on any atom is -0.358 e. The number of amides is 2. The average Bonchev–Trinajstić information content (AvgIpc) is 3.35. The number of anilines is 2. The number of likely N-dealkylation sites (N-methyl/N-ethyl adjacent to an activating group) is 1. The molecule has 9 nitrogen and oxygen atoms in total. The molecule has 0 atom stereocenters. The van der Waals surface area contributed by atoms with Crippen molar-refractivity contribution in [3.05, 3.63) is 71.0 Å². The molecule has 2 amide bonds. The smallest absolute Gasteiger partial charge is 0.262 e. The van der Waals surface area contributed by atoms with Crippen molar-refractivity contribution in [3.63, 3.8) is 0 Å². The average molecular weight is 417 g/mol. The van der Waals surface area contributed by atoms with Crippen LogP contribution in [0.2, 0.25) is 0 Å². The first-order valence-corrected chi connectivity index (χ1v) is 9.86. The molecule has 1 aromatic carbocycles. The molecule has 0 aliphatic carbocycles. The summed E-state index contributed by atoms with van der Waals surface area (Å²) in [6.07, 6.45) is 3.08. The van der Waals surface area contributed by atoms with E-state index in [9.17, 15) is 9.59 Å². The molecule has 0 saturated carbocycles. The number of aliphatic imine (C=N–C) groups is 1. The van der Waals surface area contributed by atoms with E-state index in [-0.39, 0.29) is 11.5 Å². The molecule has 158 valence electrons. The fourth-order valence-corrected chi connectivity index (χ4v) is 3.27. The van der Waals surface area contributed by atoms with Crippen LogP contribution in [0.3, 0.4) is 0 Å². The molecule has 4 rings (SSSR count). The minimum atomic E-state index is -0.405. The Hall–Kier alpha value is -4.01. The molecule has 1 aliphatic rings. The van der Waals surface area contributed by atoms with Crippen molar-refractivity contribution in [2.24, 2.45) is 12.0 Å². The van der Waals surface area contributed by atoms with Gasteiger partial charge in [0.2, 0.25) is 0 Å². The summed E-state index contributed by atoms with van der Waals surface area (Å²) >= 11 is 0. The Morgan fingerprint density at radius 2 is 1.74 bits per heavy atom. The highest BCUT2D eigenvalue weighted by Gasteiger charge is 2.20. The van der Waals surface area contributed by atoms with Crippen molar-refractivity contribution in [2.45, 2.75) is 6.92 Å². The van der Waals surface area contributed by atoms with E-state index in [4.69, 9.17) is 0 Å². The van der Waals surface area contributed by atoms with Gasteiger partial charge in [0.15, 0.2) is 0 Å². The first-order valence-electron chi connectivity index (χ1n) is 9.86. The van der Waals surface area contributed by atoms with E-state index in [1.165, 1.54) is 10.9 Å². The molecule has 0 radical (unpaired) electrons. The van der Waals surface area contributed by atoms with Crippen LogP contribution in [-0.2, 0) is 7.05 Å². The van der Waals surface area contributed by atoms with E-state index in [1.54, 1.807) is 31.4 Å². The SMILES string of the molecule is Cc1ccc(NC(=O)c2cnn(C)c2NC(=O)c2ccc(C3=NCCN3C)cc2)nc1. The topological polar surface area (TPSA) is 105 Å². The third-order valence-electron chi connectivity index (χ3n) is 5.03. The standard InChI is InChI=1S/C22H23N7O2/c1-14-4-9-18(24-12-14)26-22(31)17-13-25-29(3)20(17)27-21(30)16-7-5-15(6-8-16)19-23-10-11-28(19)2/h4-9,12-13H,10-11H2,1-3H3,(H,27,30)(H,24,26,31). The predicted molar refractivity (Wildman–Crippen MR) is 119 cm³/mol. The van der Waals surface area contributed by atoms with Crippen molar-refractivity contribution in [1.29, 1.82) is 0 Å². The van der Waals surface area contributed by atoms with Gasteiger partial charge in [0.05, 0.1) is 12.7 Å². The van der Waals surface area contributed by atoms with E-state index >= 15 is 0 Å². The van der Waals surface area contributed by atoms with Crippen LogP contribution in [-0.4, -0.2) is 57.5 Å². The predicted octanol–water partition coefficient (Wildman–Crippen LogP) is 2.32. The number of nitrogens with zero attached hydrogens (tertiary/aromatic N) is 5. The van der Waals surface area contributed by atoms with Crippen molar-refractivity contribution in [3.8, 4) is 0 Å². The quantitative estimate of drug-likeness (QED) is 0.663. The monoisotopic (exact) mass is 417 g/mol. The summed E-state index contributed by atoms with van der Waals surface area (Å²) in [4.78, 5) is 36.2. The molecule has 3 heterocycles. The van der Waals surface area contributed by atoms with Gasteiger partial charge in [0.1, 0.15) is 23.0 Å². The van der Waals surface area contributed by atoms with Gasteiger partial charge >= 0.3 is 0 Å². The lowest BCUT2D eigenvalue weighted by molar-refractivity contribution is 0.102. The van der Waals surface area contributed by atoms with E-state index in [1.807, 2.05) is 32.2 Å². The van der Waals surface area contributed by atoms with Crippen LogP contribution in [0.25, 0.3) is 0 Å². The summed E-state index contributed by atoms with van der Waals surface area (Å²) in [6.45, 7) is 3.58. The maximum absolute atomic E-state index is 12.8. The molecule has 9 heteroatoms. The number of aromatic nitrogens is 3. The molecule has 2 aromatic heterocycles. The van der Waals surface area contributed by atoms with Crippen LogP contribution >= 0.6 is 0 Å². The van der Waals surface area contributed by atoms with Crippen LogP contribution < -0.4 is 10.6 Å². The van der Waals surface area contributed by atoms with Crippen LogP contribution in [0, 0.1) is 6.92 Å². The largest absolute Gasteiger partial charge is 0.358 e. The highest BCUT2D eigenvalue weighted by atomic mass is 16.2. The molecule has 2 N–H and O–H groups in total. The molecule has 1 aliphatic heterocycles. The molecule has 31 heavy (non-hydrogen) atoms. The van der Waals surface area contributed by atoms with Gasteiger partial charge < -0.3 is 15.5 Å². The van der Waals surface area contributed by atoms with E-state index in [0.717, 1.165) is 30.1 Å². The number of nitrogens with one attached hydrogen (secondary N) is 2. The number of carbonyl (C=O) groups excluding carboxylic acids is 2. The maximum Gasteiger partial charge on any atom is 0.262 e. The number of pyridine rings is 1. The first-order chi connectivity index (χ1) is 14.9. The normalized spacial score (nSPS) is 13.1. The molecular formula is C22H23N7O2. The second-order valence-corrected chi connectivity index (χ2v) is 7.36. The van der Waals surface area contributed by atoms with Gasteiger partial charge in [-0.05, 0) is 30.7 Å². The molecule has 0 saturated heterocycles. The lowest BCUT2D eigenvalue weighted by Gasteiger charge is -2.14. The number of benzene rings is 1. The first kappa shape index (κ1) is 20.3. The highest BCUT2D eigenvalue weighted by Crippen LogP contribution is 2.18. The second-order valence-electron chi connectivity index (χ2n) is 7.36. The zero-order valence-electron chi connectivity index (χ0n) is 17.6. The third-order valence-corrected chi connectivity index (χ3v) is 5.03. The van der Waals surface area contributed by atoms with Crippen molar-refractivity contribution in [1.82, 2.24) is 19.7 Å². The maximum atomic E-state index is 12.8. The van der Waals surface area contributed by atoms with E-state index in [2.05, 4.69) is 30.6 Å². The summed E-state index contributed by atoms with van der Waals surface area (Å²) in [6, 6.07) is 10.8. The van der Waals surface area contributed by atoms with Crippen molar-refractivity contribution < 1.29 is 9.59 Å². The second kappa shape index (κ2) is 8.39. The Morgan fingerprint density at radius 1 is 0.968 bits per heavy atom. The molecular weight excluding hydrogens is 394 g/mol. The van der Waals surface area contributed by atoms with Gasteiger partial charge in [-0.1, -0.05) is 18.2 Å². The van der Waals surface area contributed by atoms with E-state index in [0.29, 0.717) is 17.2 Å². The van der Waals surface area contributed by atoms with Gasteiger partial charge in [-0.15, -0.1) is 0 Å². The number of rotatable bonds is 5. The molecule has 0 bridgehead atoms. The van der Waals surface area contributed by atoms with E-state index < -0.39 is 5.91 Å². The van der Waals surface area contributed by atoms with Crippen LogP contribution in [0.1, 0.15) is 31.8 Å². The Morgan fingerprint density at radius 3 is 2.39 bits per heavy atom. The molecule has 0 unspecified atom stereocenters. The number of hydrogen-bond donors (Lipinski definition) is 2. The van der Waals surface area contributed by atoms with Crippen molar-refractivity contribution in [2.75, 3.05) is 30.8 Å². The van der Waals surface area contributed by atoms with Gasteiger partial charge in [-0.2, -0.15) is 5.10 Å². The lowest BCUT2D eigenvalue weighted by atomic mass is 10.1. The zero-order valence-corrected chi connectivity index (χ0v) is 17.6. The van der Waals surface area contributed by atoms with Gasteiger partial charge in [-0.3, -0.25) is 19.3 Å². The summed E-state index contributed by atoms with van der Waals surface area (Å²) in [7, 11) is 3.65. The number of aryl methyl sites for hydroxylation is 2. The lowest BCUT2D eigenvalue weighted by Crippen LogP contribution is -2.23. The van der Waals surface area contributed by atoms with Gasteiger partial charge in [-0.25, -0.2) is 4.98 Å². The summed E-state index contributed by atoms with van der Waals surface area (Å²) in [5, 5.41) is 9.63. The summed E-state index contributed by atoms with van der Waals surface area (Å²) < 4.78 is 1.45. The third kappa shape index (κ3) is 4.30. The summed E-state index contributed by atoms with van der Waals surface area (Å²) in [5.74, 6) is 0.907. The molecule has 0 fully saturated rings. The van der Waals surface area contributed by atoms with Crippen molar-refractivity contribution >= 4 is 29.3 Å².